The molecular formula is C19H24N4O5. The smallest absolute Gasteiger partial charge is 0.325 e. The van der Waals surface area contributed by atoms with E-state index in [1.165, 1.54) is 13.2 Å². The van der Waals surface area contributed by atoms with E-state index in [2.05, 4.69) is 16.2 Å². The number of methoxy groups -OCH3 is 1. The van der Waals surface area contributed by atoms with Crippen molar-refractivity contribution in [3.63, 3.8) is 0 Å². The van der Waals surface area contributed by atoms with Crippen LogP contribution in [0.25, 0.3) is 6.08 Å². The first-order valence-electron chi connectivity index (χ1n) is 8.69. The van der Waals surface area contributed by atoms with E-state index in [1.54, 1.807) is 26.0 Å². The van der Waals surface area contributed by atoms with Crippen molar-refractivity contribution in [3.8, 4) is 5.75 Å². The van der Waals surface area contributed by atoms with Gasteiger partial charge in [0.1, 0.15) is 11.3 Å². The number of nitrogens with zero attached hydrogens (tertiary/aromatic N) is 1. The number of ether oxygens (including phenoxy) is 1. The van der Waals surface area contributed by atoms with Gasteiger partial charge in [-0.05, 0) is 39.0 Å². The van der Waals surface area contributed by atoms with Gasteiger partial charge in [0.2, 0.25) is 5.91 Å². The third kappa shape index (κ3) is 5.09. The van der Waals surface area contributed by atoms with Crippen molar-refractivity contribution < 1.29 is 23.9 Å². The van der Waals surface area contributed by atoms with E-state index in [4.69, 9.17) is 4.74 Å². The third-order valence-corrected chi connectivity index (χ3v) is 4.13. The number of hydrogen-bond acceptors (Lipinski definition) is 5. The molecule has 9 heteroatoms. The first-order valence-corrected chi connectivity index (χ1v) is 8.69. The Balaban J connectivity index is 1.81. The van der Waals surface area contributed by atoms with Crippen molar-refractivity contribution in [2.75, 3.05) is 13.7 Å². The molecule has 0 aromatic heterocycles. The second kappa shape index (κ2) is 8.55. The lowest BCUT2D eigenvalue weighted by Gasteiger charge is -2.15. The summed E-state index contributed by atoms with van der Waals surface area (Å²) in [6.07, 6.45) is 2.70. The molecule has 0 radical (unpaired) electrons. The standard InChI is InChI=1S/C19H24N4O5/c1-12-5-7-14(28-4)13(11-12)6-8-15(24)21-22-16(25)9-10-23-17(26)19(2,3)20-18(23)27/h5-8,11H,9-10H2,1-4H3,(H,20,27)(H,21,24)(H,22,25)/b8-6+. The van der Waals surface area contributed by atoms with E-state index in [9.17, 15) is 19.2 Å². The molecule has 0 saturated carbocycles. The van der Waals surface area contributed by atoms with Gasteiger partial charge >= 0.3 is 6.03 Å². The minimum absolute atomic E-state index is 0.0773. The summed E-state index contributed by atoms with van der Waals surface area (Å²) >= 11 is 0. The summed E-state index contributed by atoms with van der Waals surface area (Å²) in [5.41, 5.74) is 5.25. The van der Waals surface area contributed by atoms with Crippen molar-refractivity contribution >= 4 is 29.8 Å². The zero-order valence-electron chi connectivity index (χ0n) is 16.3. The molecule has 1 aromatic rings. The Bertz CT molecular complexity index is 832. The summed E-state index contributed by atoms with van der Waals surface area (Å²) in [6.45, 7) is 5.02. The molecule has 9 nitrogen and oxygen atoms in total. The normalized spacial score (nSPS) is 15.5. The molecule has 1 fully saturated rings. The summed E-state index contributed by atoms with van der Waals surface area (Å²) in [7, 11) is 1.54. The van der Waals surface area contributed by atoms with Crippen LogP contribution in [0.2, 0.25) is 0 Å². The van der Waals surface area contributed by atoms with Crippen LogP contribution in [0.4, 0.5) is 4.79 Å². The van der Waals surface area contributed by atoms with E-state index < -0.39 is 29.3 Å². The van der Waals surface area contributed by atoms with Crippen LogP contribution in [-0.2, 0) is 14.4 Å². The van der Waals surface area contributed by atoms with Gasteiger partial charge in [-0.1, -0.05) is 11.6 Å². The lowest BCUT2D eigenvalue weighted by molar-refractivity contribution is -0.131. The molecule has 5 amide bonds. The van der Waals surface area contributed by atoms with Crippen LogP contribution >= 0.6 is 0 Å². The number of hydrogen-bond donors (Lipinski definition) is 3. The van der Waals surface area contributed by atoms with Gasteiger partial charge < -0.3 is 10.1 Å². The first kappa shape index (κ1) is 20.9. The Labute approximate surface area is 163 Å². The number of amides is 5. The highest BCUT2D eigenvalue weighted by Crippen LogP contribution is 2.20. The van der Waals surface area contributed by atoms with Crippen molar-refractivity contribution in [2.45, 2.75) is 32.7 Å². The van der Waals surface area contributed by atoms with Crippen LogP contribution in [0.15, 0.2) is 24.3 Å². The molecule has 1 aliphatic heterocycles. The second-order valence-corrected chi connectivity index (χ2v) is 6.88. The molecule has 1 aromatic carbocycles. The number of hydrazine groups is 1. The van der Waals surface area contributed by atoms with E-state index in [-0.39, 0.29) is 13.0 Å². The van der Waals surface area contributed by atoms with E-state index in [1.807, 2.05) is 19.1 Å². The number of carbonyl (C=O) groups excluding carboxylic acids is 4. The fraction of sp³-hybridized carbons (Fsp3) is 0.368. The van der Waals surface area contributed by atoms with Gasteiger partial charge in [0, 0.05) is 24.6 Å². The van der Waals surface area contributed by atoms with Gasteiger partial charge in [0.05, 0.1) is 7.11 Å². The van der Waals surface area contributed by atoms with Crippen LogP contribution in [-0.4, -0.2) is 47.8 Å². The van der Waals surface area contributed by atoms with E-state index in [0.717, 1.165) is 16.0 Å². The molecule has 0 spiro atoms. The van der Waals surface area contributed by atoms with Crippen molar-refractivity contribution in [2.24, 2.45) is 0 Å². The fourth-order valence-corrected chi connectivity index (χ4v) is 2.62. The van der Waals surface area contributed by atoms with Gasteiger partial charge in [-0.2, -0.15) is 0 Å². The van der Waals surface area contributed by atoms with E-state index in [0.29, 0.717) is 5.75 Å². The number of carbonyl (C=O) groups is 4. The van der Waals surface area contributed by atoms with Crippen LogP contribution < -0.4 is 20.9 Å². The van der Waals surface area contributed by atoms with Gasteiger partial charge in [-0.15, -0.1) is 0 Å². The summed E-state index contributed by atoms with van der Waals surface area (Å²) in [5, 5.41) is 2.53. The predicted molar refractivity (Wildman–Crippen MR) is 102 cm³/mol. The molecular weight excluding hydrogens is 364 g/mol. The Hall–Kier alpha value is -3.36. The zero-order chi connectivity index (χ0) is 20.9. The van der Waals surface area contributed by atoms with Crippen LogP contribution in [0, 0.1) is 6.92 Å². The monoisotopic (exact) mass is 388 g/mol. The Kier molecular flexibility index (Phi) is 6.40. The lowest BCUT2D eigenvalue weighted by Crippen LogP contribution is -2.43. The number of benzene rings is 1. The Morgan fingerprint density at radius 3 is 2.57 bits per heavy atom. The topological polar surface area (TPSA) is 117 Å². The quantitative estimate of drug-likeness (QED) is 0.380. The minimum atomic E-state index is -0.983. The largest absolute Gasteiger partial charge is 0.496 e. The summed E-state index contributed by atoms with van der Waals surface area (Å²) in [5.74, 6) is -0.840. The number of nitrogens with one attached hydrogen (secondary N) is 3. The molecule has 0 unspecified atom stereocenters. The van der Waals surface area contributed by atoms with Gasteiger partial charge in [0.25, 0.3) is 11.8 Å². The van der Waals surface area contributed by atoms with Crippen molar-refractivity contribution in [1.82, 2.24) is 21.1 Å². The highest BCUT2D eigenvalue weighted by molar-refractivity contribution is 6.06. The summed E-state index contributed by atoms with van der Waals surface area (Å²) in [6, 6.07) is 5.01. The molecule has 150 valence electrons. The van der Waals surface area contributed by atoms with Gasteiger partial charge in [-0.25, -0.2) is 4.79 Å². The Morgan fingerprint density at radius 1 is 1.25 bits per heavy atom. The van der Waals surface area contributed by atoms with Crippen molar-refractivity contribution in [3.05, 3.63) is 35.4 Å². The number of rotatable bonds is 6. The maximum atomic E-state index is 12.0. The minimum Gasteiger partial charge on any atom is -0.496 e. The van der Waals surface area contributed by atoms with E-state index >= 15 is 0 Å². The number of aryl methyl sites for hydroxylation is 1. The summed E-state index contributed by atoms with van der Waals surface area (Å²) < 4.78 is 5.23. The van der Waals surface area contributed by atoms with Gasteiger partial charge in [0.15, 0.2) is 0 Å². The molecule has 1 heterocycles. The molecule has 28 heavy (non-hydrogen) atoms. The van der Waals surface area contributed by atoms with Crippen molar-refractivity contribution in [1.29, 1.82) is 0 Å². The second-order valence-electron chi connectivity index (χ2n) is 6.88. The molecule has 1 saturated heterocycles. The number of urea groups is 1. The molecule has 0 bridgehead atoms. The highest BCUT2D eigenvalue weighted by Gasteiger charge is 2.43. The van der Waals surface area contributed by atoms with Crippen LogP contribution in [0.3, 0.4) is 0 Å². The predicted octanol–water partition coefficient (Wildman–Crippen LogP) is 0.885. The average molecular weight is 388 g/mol. The zero-order valence-corrected chi connectivity index (χ0v) is 16.3. The van der Waals surface area contributed by atoms with Crippen LogP contribution in [0.1, 0.15) is 31.4 Å². The maximum absolute atomic E-state index is 12.0. The average Bonchev–Trinajstić information content (AvgIpc) is 2.83. The molecule has 0 aliphatic carbocycles. The number of imide groups is 1. The Morgan fingerprint density at radius 2 is 1.96 bits per heavy atom. The molecule has 3 N–H and O–H groups in total. The van der Waals surface area contributed by atoms with Crippen LogP contribution in [0.5, 0.6) is 5.75 Å². The highest BCUT2D eigenvalue weighted by atomic mass is 16.5. The molecule has 2 rings (SSSR count). The summed E-state index contributed by atoms with van der Waals surface area (Å²) in [4.78, 5) is 48.5. The van der Waals surface area contributed by atoms with Gasteiger partial charge in [-0.3, -0.25) is 30.1 Å². The lowest BCUT2D eigenvalue weighted by atomic mass is 10.1. The SMILES string of the molecule is COc1ccc(C)cc1/C=C/C(=O)NNC(=O)CCN1C(=O)NC(C)(C)C1=O. The molecule has 1 aliphatic rings. The first-order chi connectivity index (χ1) is 13.1. The maximum Gasteiger partial charge on any atom is 0.325 e. The third-order valence-electron chi connectivity index (χ3n) is 4.13. The molecule has 0 atom stereocenters. The fourth-order valence-electron chi connectivity index (χ4n) is 2.62.